The van der Waals surface area contributed by atoms with Crippen LogP contribution in [0.5, 0.6) is 5.75 Å². The van der Waals surface area contributed by atoms with Gasteiger partial charge in [-0.15, -0.1) is 16.9 Å². The Kier molecular flexibility index (Phi) is 8.74. The molecule has 1 aliphatic rings. The maximum absolute atomic E-state index is 12.7. The lowest BCUT2D eigenvalue weighted by Crippen LogP contribution is -2.41. The second kappa shape index (κ2) is 12.8. The molecule has 1 saturated heterocycles. The van der Waals surface area contributed by atoms with Crippen molar-refractivity contribution in [3.63, 3.8) is 0 Å². The van der Waals surface area contributed by atoms with Crippen molar-refractivity contribution >= 4 is 35.6 Å². The first-order valence-electron chi connectivity index (χ1n) is 12.4. The predicted octanol–water partition coefficient (Wildman–Crippen LogP) is 4.85. The number of pyridine rings is 1. The number of rotatable bonds is 9. The minimum atomic E-state index is -0.984. The number of carboxylic acid groups (broad SMARTS) is 1. The van der Waals surface area contributed by atoms with E-state index in [1.54, 1.807) is 57.6 Å². The Bertz CT molecular complexity index is 1390. The fourth-order valence-corrected chi connectivity index (χ4v) is 6.03. The summed E-state index contributed by atoms with van der Waals surface area (Å²) in [6.45, 7) is 1.16. The van der Waals surface area contributed by atoms with Gasteiger partial charge in [-0.05, 0) is 83.8 Å². The Balaban J connectivity index is 1.07. The summed E-state index contributed by atoms with van der Waals surface area (Å²) in [6, 6.07) is 18.1. The third-order valence-corrected chi connectivity index (χ3v) is 8.49. The van der Waals surface area contributed by atoms with Crippen LogP contribution in [0.1, 0.15) is 28.8 Å². The number of hydrogen-bond acceptors (Lipinski definition) is 9. The number of aromatic carboxylic acids is 1. The van der Waals surface area contributed by atoms with Gasteiger partial charge in [-0.1, -0.05) is 23.9 Å². The van der Waals surface area contributed by atoms with Crippen molar-refractivity contribution in [2.75, 3.05) is 18.8 Å². The summed E-state index contributed by atoms with van der Waals surface area (Å²) >= 11 is 3.34. The van der Waals surface area contributed by atoms with Crippen LogP contribution < -0.4 is 4.74 Å². The number of tetrazole rings is 1. The molecular formula is C27H26N6O4S2. The molecule has 3 heterocycles. The fraction of sp³-hybridized carbons (Fsp3) is 0.259. The SMILES string of the molecule is O=C(O)c1ccc(-n2nnnc2SC2CCN(C(=O)Oc3ccc(CCSc4ccncc4)cc3)CC2)cc1. The standard InChI is InChI=1S/C27H26N6O4S2/c34-25(35)20-3-5-21(6-4-20)33-26(29-30-31-33)39-24-11-16-32(17-12-24)27(36)37-22-7-1-19(2-8-22)13-18-38-23-9-14-28-15-10-23/h1-10,14-15,24H,11-13,16-18H2,(H,34,35). The van der Waals surface area contributed by atoms with Gasteiger partial charge in [0.15, 0.2) is 0 Å². The number of thioether (sulfide) groups is 2. The molecule has 1 N–H and O–H groups in total. The van der Waals surface area contributed by atoms with E-state index in [0.29, 0.717) is 29.7 Å². The maximum atomic E-state index is 12.7. The zero-order valence-electron chi connectivity index (χ0n) is 20.9. The Morgan fingerprint density at radius 3 is 2.38 bits per heavy atom. The number of carbonyl (C=O) groups is 2. The molecule has 1 aliphatic heterocycles. The van der Waals surface area contributed by atoms with Crippen LogP contribution in [0, 0.1) is 0 Å². The van der Waals surface area contributed by atoms with Gasteiger partial charge < -0.3 is 14.7 Å². The van der Waals surface area contributed by atoms with Gasteiger partial charge in [-0.25, -0.2) is 9.59 Å². The van der Waals surface area contributed by atoms with Crippen LogP contribution in [0.25, 0.3) is 5.69 Å². The number of amides is 1. The van der Waals surface area contributed by atoms with Crippen molar-refractivity contribution in [1.82, 2.24) is 30.1 Å². The first-order valence-corrected chi connectivity index (χ1v) is 14.3. The summed E-state index contributed by atoms with van der Waals surface area (Å²) in [4.78, 5) is 30.8. The van der Waals surface area contributed by atoms with Gasteiger partial charge in [0.25, 0.3) is 0 Å². The van der Waals surface area contributed by atoms with Crippen LogP contribution in [0.2, 0.25) is 0 Å². The average molecular weight is 563 g/mol. The highest BCUT2D eigenvalue weighted by Crippen LogP contribution is 2.30. The van der Waals surface area contributed by atoms with E-state index in [1.807, 2.05) is 36.4 Å². The number of carboxylic acids is 1. The molecule has 10 nitrogen and oxygen atoms in total. The number of ether oxygens (including phenoxy) is 1. The van der Waals surface area contributed by atoms with Crippen molar-refractivity contribution < 1.29 is 19.4 Å². The van der Waals surface area contributed by atoms with Crippen molar-refractivity contribution in [3.05, 3.63) is 84.2 Å². The molecule has 200 valence electrons. The molecule has 1 amide bonds. The Labute approximate surface area is 233 Å². The highest BCUT2D eigenvalue weighted by atomic mass is 32.2. The molecule has 2 aromatic heterocycles. The van der Waals surface area contributed by atoms with Crippen molar-refractivity contribution in [2.24, 2.45) is 0 Å². The van der Waals surface area contributed by atoms with E-state index in [1.165, 1.54) is 22.6 Å². The fourth-order valence-electron chi connectivity index (χ4n) is 4.08. The van der Waals surface area contributed by atoms with Crippen LogP contribution in [0.15, 0.2) is 83.1 Å². The van der Waals surface area contributed by atoms with E-state index in [2.05, 4.69) is 20.5 Å². The predicted molar refractivity (Wildman–Crippen MR) is 148 cm³/mol. The van der Waals surface area contributed by atoms with Crippen molar-refractivity contribution in [3.8, 4) is 11.4 Å². The van der Waals surface area contributed by atoms with E-state index >= 15 is 0 Å². The molecule has 0 bridgehead atoms. The lowest BCUT2D eigenvalue weighted by atomic mass is 10.1. The lowest BCUT2D eigenvalue weighted by molar-refractivity contribution is 0.0696. The monoisotopic (exact) mass is 562 g/mol. The quantitative estimate of drug-likeness (QED) is 0.283. The summed E-state index contributed by atoms with van der Waals surface area (Å²) < 4.78 is 7.21. The van der Waals surface area contributed by atoms with Gasteiger partial charge in [0, 0.05) is 41.4 Å². The molecule has 0 spiro atoms. The highest BCUT2D eigenvalue weighted by molar-refractivity contribution is 7.99. The zero-order chi connectivity index (χ0) is 27.0. The van der Waals surface area contributed by atoms with E-state index in [4.69, 9.17) is 9.84 Å². The highest BCUT2D eigenvalue weighted by Gasteiger charge is 2.26. The van der Waals surface area contributed by atoms with Gasteiger partial charge in [-0.3, -0.25) is 4.98 Å². The minimum Gasteiger partial charge on any atom is -0.478 e. The first kappa shape index (κ1) is 26.7. The second-order valence-electron chi connectivity index (χ2n) is 8.82. The Morgan fingerprint density at radius 1 is 0.974 bits per heavy atom. The van der Waals surface area contributed by atoms with Gasteiger partial charge in [-0.2, -0.15) is 4.68 Å². The molecule has 2 aromatic carbocycles. The molecule has 0 radical (unpaired) electrons. The van der Waals surface area contributed by atoms with E-state index in [0.717, 1.165) is 25.0 Å². The van der Waals surface area contributed by atoms with Gasteiger partial charge in [0.1, 0.15) is 5.75 Å². The normalized spacial score (nSPS) is 13.8. The minimum absolute atomic E-state index is 0.201. The van der Waals surface area contributed by atoms with Gasteiger partial charge in [0.05, 0.1) is 11.3 Å². The number of likely N-dealkylation sites (tertiary alicyclic amines) is 1. The number of benzene rings is 2. The molecule has 0 unspecified atom stereocenters. The first-order chi connectivity index (χ1) is 19.0. The van der Waals surface area contributed by atoms with Gasteiger partial charge >= 0.3 is 12.1 Å². The summed E-state index contributed by atoms with van der Waals surface area (Å²) in [7, 11) is 0. The number of carbonyl (C=O) groups excluding carboxylic acids is 1. The van der Waals surface area contributed by atoms with Crippen LogP contribution in [-0.4, -0.2) is 71.4 Å². The third-order valence-electron chi connectivity index (χ3n) is 6.21. The molecule has 39 heavy (non-hydrogen) atoms. The van der Waals surface area contributed by atoms with Crippen LogP contribution in [0.4, 0.5) is 4.79 Å². The molecule has 0 aliphatic carbocycles. The molecule has 1 fully saturated rings. The molecule has 5 rings (SSSR count). The van der Waals surface area contributed by atoms with Gasteiger partial charge in [0.2, 0.25) is 5.16 Å². The van der Waals surface area contributed by atoms with Crippen LogP contribution >= 0.6 is 23.5 Å². The van der Waals surface area contributed by atoms with E-state index < -0.39 is 5.97 Å². The number of nitrogens with zero attached hydrogens (tertiary/aromatic N) is 6. The zero-order valence-corrected chi connectivity index (χ0v) is 22.6. The largest absolute Gasteiger partial charge is 0.478 e. The molecule has 4 aromatic rings. The summed E-state index contributed by atoms with van der Waals surface area (Å²) in [5.41, 5.74) is 2.08. The second-order valence-corrected chi connectivity index (χ2v) is 11.3. The summed E-state index contributed by atoms with van der Waals surface area (Å²) in [6.07, 6.45) is 5.72. The summed E-state index contributed by atoms with van der Waals surface area (Å²) in [5.74, 6) is 0.511. The third kappa shape index (κ3) is 7.15. The lowest BCUT2D eigenvalue weighted by Gasteiger charge is -2.30. The number of piperidine rings is 1. The van der Waals surface area contributed by atoms with E-state index in [9.17, 15) is 9.59 Å². The maximum Gasteiger partial charge on any atom is 0.415 e. The molecular weight excluding hydrogens is 536 g/mol. The Morgan fingerprint density at radius 2 is 1.69 bits per heavy atom. The number of hydrogen-bond donors (Lipinski definition) is 1. The topological polar surface area (TPSA) is 123 Å². The van der Waals surface area contributed by atoms with E-state index in [-0.39, 0.29) is 16.9 Å². The van der Waals surface area contributed by atoms with Crippen molar-refractivity contribution in [2.45, 2.75) is 34.6 Å². The number of aryl methyl sites for hydroxylation is 1. The van der Waals surface area contributed by atoms with Crippen LogP contribution in [0.3, 0.4) is 0 Å². The van der Waals surface area contributed by atoms with Crippen molar-refractivity contribution in [1.29, 1.82) is 0 Å². The molecule has 0 saturated carbocycles. The molecule has 0 atom stereocenters. The average Bonchev–Trinajstić information content (AvgIpc) is 3.43. The summed E-state index contributed by atoms with van der Waals surface area (Å²) in [5, 5.41) is 21.9. The molecule has 12 heteroatoms. The Hall–Kier alpha value is -3.90. The smallest absolute Gasteiger partial charge is 0.415 e. The van der Waals surface area contributed by atoms with Crippen LogP contribution in [-0.2, 0) is 6.42 Å². The number of aromatic nitrogens is 5.